The van der Waals surface area contributed by atoms with Crippen LogP contribution in [-0.4, -0.2) is 58.8 Å². The van der Waals surface area contributed by atoms with Crippen LogP contribution in [-0.2, 0) is 0 Å². The zero-order valence-corrected chi connectivity index (χ0v) is 18.2. The number of aryl methyl sites for hydroxylation is 2. The molecule has 1 saturated heterocycles. The van der Waals surface area contributed by atoms with Gasteiger partial charge >= 0.3 is 6.03 Å². The maximum absolute atomic E-state index is 12.9. The minimum absolute atomic E-state index is 0.0556. The van der Waals surface area contributed by atoms with Gasteiger partial charge in [0, 0.05) is 31.4 Å². The van der Waals surface area contributed by atoms with Crippen molar-refractivity contribution in [3.05, 3.63) is 29.5 Å². The van der Waals surface area contributed by atoms with Crippen molar-refractivity contribution < 1.29 is 14.1 Å². The van der Waals surface area contributed by atoms with E-state index < -0.39 is 0 Å². The number of nitrogens with two attached hydrogens (primary N) is 1. The molecule has 3 aromatic rings. The molecular weight excluding hydrogens is 398 g/mol. The highest BCUT2D eigenvalue weighted by Gasteiger charge is 2.32. The fraction of sp³-hybridized carbons (Fsp3) is 0.429. The van der Waals surface area contributed by atoms with E-state index in [1.54, 1.807) is 7.11 Å². The van der Waals surface area contributed by atoms with Crippen LogP contribution < -0.4 is 20.7 Å². The molecule has 1 aromatic carbocycles. The van der Waals surface area contributed by atoms with Crippen LogP contribution in [0.25, 0.3) is 11.1 Å². The van der Waals surface area contributed by atoms with Crippen LogP contribution in [0.5, 0.6) is 5.75 Å². The van der Waals surface area contributed by atoms with Crippen molar-refractivity contribution in [2.45, 2.75) is 33.2 Å². The molecule has 3 heterocycles. The van der Waals surface area contributed by atoms with Gasteiger partial charge in [0.1, 0.15) is 17.0 Å². The Morgan fingerprint density at radius 1 is 1.32 bits per heavy atom. The van der Waals surface area contributed by atoms with Crippen LogP contribution in [0.1, 0.15) is 24.6 Å². The lowest BCUT2D eigenvalue weighted by molar-refractivity contribution is 0.197. The largest absolute Gasteiger partial charge is 0.496 e. The first-order valence-corrected chi connectivity index (χ1v) is 10.3. The monoisotopic (exact) mass is 425 g/mol. The van der Waals surface area contributed by atoms with Crippen molar-refractivity contribution in [2.24, 2.45) is 0 Å². The zero-order chi connectivity index (χ0) is 22.1. The normalized spacial score (nSPS) is 16.6. The molecule has 10 heteroatoms. The Labute approximate surface area is 180 Å². The van der Waals surface area contributed by atoms with Crippen LogP contribution in [0.3, 0.4) is 0 Å². The Morgan fingerprint density at radius 2 is 2.13 bits per heavy atom. The zero-order valence-electron chi connectivity index (χ0n) is 18.2. The standard InChI is InChI=1S/C21H27N7O3/c1-5-15-11-27(21(29)23-14-6-7-16(30-4)12(2)10-14)8-9-28(15)19-18-17(13(3)26-31-18)24-20(22)25-19/h6-7,10,15H,5,8-9,11H2,1-4H3,(H,23,29)(H2,22,24,25)/t15-/m0/s1. The first kappa shape index (κ1) is 20.7. The lowest BCUT2D eigenvalue weighted by Crippen LogP contribution is -2.56. The van der Waals surface area contributed by atoms with E-state index in [2.05, 4.69) is 32.3 Å². The van der Waals surface area contributed by atoms with Gasteiger partial charge in [-0.3, -0.25) is 0 Å². The summed E-state index contributed by atoms with van der Waals surface area (Å²) in [6.45, 7) is 7.53. The summed E-state index contributed by atoms with van der Waals surface area (Å²) in [6, 6.07) is 5.51. The number of nitrogens with one attached hydrogen (secondary N) is 1. The molecule has 0 aliphatic carbocycles. The number of aromatic nitrogens is 3. The molecule has 31 heavy (non-hydrogen) atoms. The van der Waals surface area contributed by atoms with E-state index in [1.807, 2.05) is 36.9 Å². The maximum Gasteiger partial charge on any atom is 0.321 e. The van der Waals surface area contributed by atoms with Gasteiger partial charge in [-0.2, -0.15) is 4.98 Å². The van der Waals surface area contributed by atoms with Gasteiger partial charge in [0.25, 0.3) is 0 Å². The van der Waals surface area contributed by atoms with Crippen molar-refractivity contribution in [3.8, 4) is 5.75 Å². The van der Waals surface area contributed by atoms with Crippen LogP contribution >= 0.6 is 0 Å². The third-order valence-corrected chi connectivity index (χ3v) is 5.64. The Hall–Kier alpha value is -3.56. The lowest BCUT2D eigenvalue weighted by atomic mass is 10.1. The van der Waals surface area contributed by atoms with Crippen LogP contribution in [0, 0.1) is 13.8 Å². The average Bonchev–Trinajstić information content (AvgIpc) is 3.13. The SMILES string of the molecule is CC[C@H]1CN(C(=O)Nc2ccc(OC)c(C)c2)CCN1c1nc(N)nc2c(C)noc12. The number of nitrogens with zero attached hydrogens (tertiary/aromatic N) is 5. The molecule has 2 aromatic heterocycles. The molecule has 4 rings (SSSR count). The van der Waals surface area contributed by atoms with Gasteiger partial charge in [0.15, 0.2) is 5.82 Å². The van der Waals surface area contributed by atoms with E-state index in [-0.39, 0.29) is 18.0 Å². The van der Waals surface area contributed by atoms with E-state index >= 15 is 0 Å². The summed E-state index contributed by atoms with van der Waals surface area (Å²) in [6.07, 6.45) is 0.823. The molecule has 0 radical (unpaired) electrons. The fourth-order valence-electron chi connectivity index (χ4n) is 3.96. The summed E-state index contributed by atoms with van der Waals surface area (Å²) in [7, 11) is 1.63. The molecule has 10 nitrogen and oxygen atoms in total. The number of hydrogen-bond donors (Lipinski definition) is 2. The maximum atomic E-state index is 12.9. The number of hydrogen-bond acceptors (Lipinski definition) is 8. The second kappa shape index (κ2) is 8.29. The van der Waals surface area contributed by atoms with E-state index in [0.717, 1.165) is 23.4 Å². The summed E-state index contributed by atoms with van der Waals surface area (Å²) in [5.74, 6) is 1.59. The number of ether oxygens (including phenoxy) is 1. The quantitative estimate of drug-likeness (QED) is 0.654. The molecule has 1 atom stereocenters. The summed E-state index contributed by atoms with van der Waals surface area (Å²) in [5.41, 5.74) is 9.45. The molecule has 0 spiro atoms. The number of piperazine rings is 1. The van der Waals surface area contributed by atoms with Gasteiger partial charge in [0.05, 0.1) is 7.11 Å². The van der Waals surface area contributed by atoms with E-state index in [4.69, 9.17) is 15.0 Å². The molecule has 0 saturated carbocycles. The minimum Gasteiger partial charge on any atom is -0.496 e. The Balaban J connectivity index is 1.51. The highest BCUT2D eigenvalue weighted by Crippen LogP contribution is 2.30. The molecule has 3 N–H and O–H groups in total. The summed E-state index contributed by atoms with van der Waals surface area (Å²) < 4.78 is 10.8. The van der Waals surface area contributed by atoms with Gasteiger partial charge in [-0.05, 0) is 44.0 Å². The number of carbonyl (C=O) groups is 1. The molecule has 0 unspecified atom stereocenters. The van der Waals surface area contributed by atoms with Crippen LogP contribution in [0.15, 0.2) is 22.7 Å². The number of benzene rings is 1. The Morgan fingerprint density at radius 3 is 2.84 bits per heavy atom. The molecule has 1 aliphatic rings. The predicted molar refractivity (Wildman–Crippen MR) is 118 cm³/mol. The smallest absolute Gasteiger partial charge is 0.321 e. The highest BCUT2D eigenvalue weighted by molar-refractivity contribution is 5.90. The third kappa shape index (κ3) is 3.92. The number of fused-ring (bicyclic) bond motifs is 1. The van der Waals surface area contributed by atoms with Crippen LogP contribution in [0.2, 0.25) is 0 Å². The number of nitrogen functional groups attached to an aromatic ring is 1. The lowest BCUT2D eigenvalue weighted by Gasteiger charge is -2.41. The van der Waals surface area contributed by atoms with E-state index in [1.165, 1.54) is 0 Å². The minimum atomic E-state index is -0.134. The van der Waals surface area contributed by atoms with Crippen molar-refractivity contribution in [1.29, 1.82) is 0 Å². The number of anilines is 3. The van der Waals surface area contributed by atoms with Gasteiger partial charge in [-0.25, -0.2) is 9.78 Å². The van der Waals surface area contributed by atoms with E-state index in [0.29, 0.717) is 42.2 Å². The second-order valence-corrected chi connectivity index (χ2v) is 7.67. The second-order valence-electron chi connectivity index (χ2n) is 7.67. The van der Waals surface area contributed by atoms with Crippen molar-refractivity contribution in [2.75, 3.05) is 42.7 Å². The number of urea groups is 1. The van der Waals surface area contributed by atoms with Crippen molar-refractivity contribution in [1.82, 2.24) is 20.0 Å². The molecule has 0 bridgehead atoms. The van der Waals surface area contributed by atoms with Gasteiger partial charge < -0.3 is 30.1 Å². The predicted octanol–water partition coefficient (Wildman–Crippen LogP) is 2.96. The average molecular weight is 425 g/mol. The first-order chi connectivity index (χ1) is 14.9. The van der Waals surface area contributed by atoms with Gasteiger partial charge in [-0.15, -0.1) is 0 Å². The molecule has 2 amide bonds. The first-order valence-electron chi connectivity index (χ1n) is 10.3. The third-order valence-electron chi connectivity index (χ3n) is 5.64. The molecule has 164 valence electrons. The number of amides is 2. The summed E-state index contributed by atoms with van der Waals surface area (Å²) in [5, 5.41) is 6.99. The van der Waals surface area contributed by atoms with E-state index in [9.17, 15) is 4.79 Å². The molecule has 1 aliphatic heterocycles. The van der Waals surface area contributed by atoms with Gasteiger partial charge in [-0.1, -0.05) is 12.1 Å². The molecular formula is C21H27N7O3. The summed E-state index contributed by atoms with van der Waals surface area (Å²) >= 11 is 0. The number of methoxy groups -OCH3 is 1. The van der Waals surface area contributed by atoms with Gasteiger partial charge in [0.2, 0.25) is 11.5 Å². The number of rotatable bonds is 4. The van der Waals surface area contributed by atoms with Crippen LogP contribution in [0.4, 0.5) is 22.2 Å². The summed E-state index contributed by atoms with van der Waals surface area (Å²) in [4.78, 5) is 25.5. The highest BCUT2D eigenvalue weighted by atomic mass is 16.5. The topological polar surface area (TPSA) is 123 Å². The van der Waals surface area contributed by atoms with Crippen molar-refractivity contribution in [3.63, 3.8) is 0 Å². The van der Waals surface area contributed by atoms with Crippen molar-refractivity contribution >= 4 is 34.6 Å². The Bertz CT molecular complexity index is 1110. The molecule has 1 fully saturated rings. The Kier molecular flexibility index (Phi) is 5.53. The number of carbonyl (C=O) groups excluding carboxylic acids is 1. The fourth-order valence-corrected chi connectivity index (χ4v) is 3.96.